The topological polar surface area (TPSA) is 78.5 Å². The Labute approximate surface area is 212 Å². The Morgan fingerprint density at radius 3 is 2.67 bits per heavy atom. The zero-order valence-corrected chi connectivity index (χ0v) is 21.3. The van der Waals surface area contributed by atoms with Crippen LogP contribution < -0.4 is 0 Å². The number of imidazole rings is 1. The number of carbonyl (C=O) groups is 2. The van der Waals surface area contributed by atoms with Crippen molar-refractivity contribution in [3.63, 3.8) is 0 Å². The molecule has 2 aliphatic rings. The van der Waals surface area contributed by atoms with E-state index in [0.29, 0.717) is 6.54 Å². The van der Waals surface area contributed by atoms with Gasteiger partial charge in [-0.25, -0.2) is 4.98 Å². The predicted molar refractivity (Wildman–Crippen MR) is 139 cm³/mol. The van der Waals surface area contributed by atoms with Gasteiger partial charge in [-0.3, -0.25) is 14.5 Å². The Hall–Kier alpha value is -3.19. The van der Waals surface area contributed by atoms with Gasteiger partial charge in [0, 0.05) is 50.9 Å². The number of H-pyrrole nitrogens is 1. The molecule has 1 N–H and O–H groups in total. The minimum Gasteiger partial charge on any atom is -0.469 e. The number of aromatic nitrogens is 2. The van der Waals surface area contributed by atoms with E-state index in [0.717, 1.165) is 74.2 Å². The standard InChI is InChI=1S/C29H36N4O3/c1-3-4-9-26-30-18-24(31-26)20-32-14-12-29(13-15-32)25(28(35)36-2)17-27(34)33(29)19-21-10-11-22-7-5-6-8-23(22)16-21/h5-8,10-11,16,18,25H,3-4,9,12-15,17,19-20H2,1-2H3,(H,30,31). The third kappa shape index (κ3) is 4.76. The van der Waals surface area contributed by atoms with E-state index in [4.69, 9.17) is 4.74 Å². The molecule has 1 aromatic heterocycles. The van der Waals surface area contributed by atoms with Gasteiger partial charge in [-0.15, -0.1) is 0 Å². The molecule has 1 unspecified atom stereocenters. The molecule has 2 aliphatic heterocycles. The van der Waals surface area contributed by atoms with E-state index in [2.05, 4.69) is 52.1 Å². The lowest BCUT2D eigenvalue weighted by Gasteiger charge is -2.47. The van der Waals surface area contributed by atoms with Gasteiger partial charge in [0.1, 0.15) is 5.82 Å². The van der Waals surface area contributed by atoms with E-state index in [9.17, 15) is 9.59 Å². The Balaban J connectivity index is 1.33. The quantitative estimate of drug-likeness (QED) is 0.474. The van der Waals surface area contributed by atoms with Crippen molar-refractivity contribution in [3.8, 4) is 0 Å². The Kier molecular flexibility index (Phi) is 7.10. The maximum Gasteiger partial charge on any atom is 0.311 e. The molecule has 3 heterocycles. The van der Waals surface area contributed by atoms with Crippen LogP contribution in [0.1, 0.15) is 56.1 Å². The molecule has 7 heteroatoms. The average molecular weight is 489 g/mol. The molecular formula is C29H36N4O3. The normalized spacial score (nSPS) is 19.9. The van der Waals surface area contributed by atoms with E-state index >= 15 is 0 Å². The monoisotopic (exact) mass is 488 g/mol. The number of aryl methyl sites for hydroxylation is 1. The van der Waals surface area contributed by atoms with Crippen LogP contribution in [0.25, 0.3) is 10.8 Å². The van der Waals surface area contributed by atoms with Crippen molar-refractivity contribution in [2.24, 2.45) is 5.92 Å². The highest BCUT2D eigenvalue weighted by molar-refractivity contribution is 5.89. The maximum atomic E-state index is 13.3. The van der Waals surface area contributed by atoms with E-state index in [1.807, 2.05) is 23.2 Å². The molecule has 2 fully saturated rings. The van der Waals surface area contributed by atoms with Crippen molar-refractivity contribution in [2.45, 2.75) is 64.1 Å². The number of likely N-dealkylation sites (tertiary alicyclic amines) is 2. The number of unbranched alkanes of at least 4 members (excludes halogenated alkanes) is 1. The van der Waals surface area contributed by atoms with Gasteiger partial charge in [-0.05, 0) is 41.7 Å². The number of nitrogens with zero attached hydrogens (tertiary/aromatic N) is 3. The number of rotatable bonds is 8. The second-order valence-corrected chi connectivity index (χ2v) is 10.3. The molecule has 1 amide bonds. The van der Waals surface area contributed by atoms with Gasteiger partial charge in [0.2, 0.25) is 5.91 Å². The zero-order valence-electron chi connectivity index (χ0n) is 21.3. The van der Waals surface area contributed by atoms with Crippen molar-refractivity contribution in [1.82, 2.24) is 19.8 Å². The van der Waals surface area contributed by atoms with Gasteiger partial charge in [0.05, 0.1) is 18.6 Å². The predicted octanol–water partition coefficient (Wildman–Crippen LogP) is 4.46. The molecule has 5 rings (SSSR count). The van der Waals surface area contributed by atoms with Gasteiger partial charge in [0.15, 0.2) is 0 Å². The van der Waals surface area contributed by atoms with Crippen LogP contribution in [0.2, 0.25) is 0 Å². The molecule has 1 atom stereocenters. The molecule has 36 heavy (non-hydrogen) atoms. The number of hydrogen-bond donors (Lipinski definition) is 1. The number of carbonyl (C=O) groups excluding carboxylic acids is 2. The first-order chi connectivity index (χ1) is 17.5. The highest BCUT2D eigenvalue weighted by atomic mass is 16.5. The van der Waals surface area contributed by atoms with E-state index in [1.165, 1.54) is 12.5 Å². The number of ether oxygens (including phenoxy) is 1. The Morgan fingerprint density at radius 2 is 1.92 bits per heavy atom. The van der Waals surface area contributed by atoms with Crippen LogP contribution in [0.4, 0.5) is 0 Å². The second kappa shape index (κ2) is 10.4. The highest BCUT2D eigenvalue weighted by Gasteiger charge is 2.56. The number of aromatic amines is 1. The summed E-state index contributed by atoms with van der Waals surface area (Å²) >= 11 is 0. The number of methoxy groups -OCH3 is 1. The van der Waals surface area contributed by atoms with Crippen molar-refractivity contribution >= 4 is 22.6 Å². The molecule has 0 bridgehead atoms. The number of hydrogen-bond acceptors (Lipinski definition) is 5. The van der Waals surface area contributed by atoms with Crippen LogP contribution in [-0.2, 0) is 33.8 Å². The molecule has 2 aromatic carbocycles. The molecule has 7 nitrogen and oxygen atoms in total. The summed E-state index contributed by atoms with van der Waals surface area (Å²) in [7, 11) is 1.43. The molecular weight excluding hydrogens is 452 g/mol. The molecule has 1 spiro atoms. The first kappa shape index (κ1) is 24.5. The summed E-state index contributed by atoms with van der Waals surface area (Å²) < 4.78 is 5.18. The smallest absolute Gasteiger partial charge is 0.311 e. The number of fused-ring (bicyclic) bond motifs is 1. The highest BCUT2D eigenvalue weighted by Crippen LogP contribution is 2.45. The summed E-state index contributed by atoms with van der Waals surface area (Å²) in [5.74, 6) is 0.396. The molecule has 2 saturated heterocycles. The average Bonchev–Trinajstić information content (AvgIpc) is 3.46. The molecule has 0 saturated carbocycles. The fraction of sp³-hybridized carbons (Fsp3) is 0.483. The first-order valence-corrected chi connectivity index (χ1v) is 13.1. The minimum absolute atomic E-state index is 0.0427. The minimum atomic E-state index is -0.507. The van der Waals surface area contributed by atoms with Crippen LogP contribution in [0.5, 0.6) is 0 Å². The SMILES string of the molecule is CCCCc1ncc(CN2CCC3(CC2)C(C(=O)OC)CC(=O)N3Cc2ccc3ccccc3c2)[nH]1. The fourth-order valence-corrected chi connectivity index (χ4v) is 6.04. The van der Waals surface area contributed by atoms with Crippen molar-refractivity contribution < 1.29 is 14.3 Å². The Morgan fingerprint density at radius 1 is 1.14 bits per heavy atom. The number of benzene rings is 2. The van der Waals surface area contributed by atoms with Crippen LogP contribution in [-0.4, -0.2) is 57.4 Å². The molecule has 190 valence electrons. The van der Waals surface area contributed by atoms with E-state index in [1.54, 1.807) is 0 Å². The van der Waals surface area contributed by atoms with Gasteiger partial charge >= 0.3 is 5.97 Å². The van der Waals surface area contributed by atoms with Crippen LogP contribution in [0, 0.1) is 5.92 Å². The van der Waals surface area contributed by atoms with Gasteiger partial charge < -0.3 is 14.6 Å². The zero-order chi connectivity index (χ0) is 25.1. The lowest BCUT2D eigenvalue weighted by molar-refractivity contribution is -0.150. The molecule has 0 radical (unpaired) electrons. The van der Waals surface area contributed by atoms with Gasteiger partial charge in [-0.2, -0.15) is 0 Å². The third-order valence-corrected chi connectivity index (χ3v) is 8.07. The molecule has 0 aliphatic carbocycles. The fourth-order valence-electron chi connectivity index (χ4n) is 6.04. The lowest BCUT2D eigenvalue weighted by atomic mass is 9.76. The molecule has 3 aromatic rings. The van der Waals surface area contributed by atoms with Crippen LogP contribution in [0.3, 0.4) is 0 Å². The summed E-state index contributed by atoms with van der Waals surface area (Å²) in [4.78, 5) is 38.5. The summed E-state index contributed by atoms with van der Waals surface area (Å²) in [6, 6.07) is 14.6. The van der Waals surface area contributed by atoms with Crippen LogP contribution in [0.15, 0.2) is 48.7 Å². The van der Waals surface area contributed by atoms with E-state index < -0.39 is 11.5 Å². The number of piperidine rings is 1. The van der Waals surface area contributed by atoms with Crippen LogP contribution >= 0.6 is 0 Å². The summed E-state index contributed by atoms with van der Waals surface area (Å²) in [6.07, 6.45) is 6.94. The summed E-state index contributed by atoms with van der Waals surface area (Å²) in [6.45, 7) is 5.14. The number of esters is 1. The van der Waals surface area contributed by atoms with Crippen molar-refractivity contribution in [3.05, 3.63) is 65.7 Å². The lowest BCUT2D eigenvalue weighted by Crippen LogP contribution is -2.57. The number of nitrogens with one attached hydrogen (secondary N) is 1. The van der Waals surface area contributed by atoms with Gasteiger partial charge in [0.25, 0.3) is 0 Å². The van der Waals surface area contributed by atoms with E-state index in [-0.39, 0.29) is 18.3 Å². The van der Waals surface area contributed by atoms with Crippen molar-refractivity contribution in [2.75, 3.05) is 20.2 Å². The second-order valence-electron chi connectivity index (χ2n) is 10.3. The third-order valence-electron chi connectivity index (χ3n) is 8.07. The summed E-state index contributed by atoms with van der Waals surface area (Å²) in [5, 5.41) is 2.34. The Bertz CT molecular complexity index is 1230. The summed E-state index contributed by atoms with van der Waals surface area (Å²) in [5.41, 5.74) is 1.70. The number of amides is 1. The maximum absolute atomic E-state index is 13.3. The first-order valence-electron chi connectivity index (χ1n) is 13.1. The largest absolute Gasteiger partial charge is 0.469 e. The van der Waals surface area contributed by atoms with Crippen molar-refractivity contribution in [1.29, 1.82) is 0 Å². The van der Waals surface area contributed by atoms with Gasteiger partial charge in [-0.1, -0.05) is 49.7 Å².